The van der Waals surface area contributed by atoms with Gasteiger partial charge >= 0.3 is 5.97 Å². The predicted octanol–water partition coefficient (Wildman–Crippen LogP) is 2.10. The van der Waals surface area contributed by atoms with E-state index in [4.69, 9.17) is 9.47 Å². The van der Waals surface area contributed by atoms with Gasteiger partial charge in [-0.15, -0.1) is 0 Å². The molecule has 0 radical (unpaired) electrons. The zero-order valence-electron chi connectivity index (χ0n) is 10.1. The van der Waals surface area contributed by atoms with Crippen LogP contribution in [0, 0.1) is 0 Å². The molecular formula is C14H13NO3. The molecule has 0 aliphatic carbocycles. The molecule has 0 saturated heterocycles. The first-order valence-electron chi connectivity index (χ1n) is 5.90. The number of aromatic nitrogens is 1. The van der Waals surface area contributed by atoms with Gasteiger partial charge in [0.25, 0.3) is 0 Å². The molecule has 4 heteroatoms. The Labute approximate surface area is 105 Å². The summed E-state index contributed by atoms with van der Waals surface area (Å²) in [6.45, 7) is 1.83. The summed E-state index contributed by atoms with van der Waals surface area (Å²) in [5, 5.41) is 1.06. The molecule has 0 amide bonds. The lowest BCUT2D eigenvalue weighted by molar-refractivity contribution is -0.148. The largest absolute Gasteiger partial charge is 0.489 e. The van der Waals surface area contributed by atoms with Crippen molar-refractivity contribution >= 4 is 16.9 Å². The number of fused-ring (bicyclic) bond motifs is 3. The minimum atomic E-state index is -0.273. The molecule has 1 aliphatic rings. The van der Waals surface area contributed by atoms with E-state index in [9.17, 15) is 4.79 Å². The van der Waals surface area contributed by atoms with Crippen LogP contribution in [0.2, 0.25) is 0 Å². The van der Waals surface area contributed by atoms with Crippen LogP contribution in [0.3, 0.4) is 0 Å². The lowest BCUT2D eigenvalue weighted by Crippen LogP contribution is -2.30. The molecule has 4 nitrogen and oxygen atoms in total. The number of carbonyl (C=O) groups is 1. The Hall–Kier alpha value is -2.10. The van der Waals surface area contributed by atoms with E-state index in [0.717, 1.165) is 22.2 Å². The first-order chi connectivity index (χ1) is 8.74. The molecule has 3 rings (SSSR count). The molecule has 92 valence electrons. The fraction of sp³-hybridized carbons (Fsp3) is 0.286. The van der Waals surface area contributed by atoms with Crippen molar-refractivity contribution in [2.45, 2.75) is 19.4 Å². The highest BCUT2D eigenvalue weighted by atomic mass is 16.6. The highest BCUT2D eigenvalue weighted by molar-refractivity contribution is 5.84. The lowest BCUT2D eigenvalue weighted by Gasteiger charge is -2.25. The number of pyridine rings is 1. The quantitative estimate of drug-likeness (QED) is 0.720. The Balaban J connectivity index is 2.02. The van der Waals surface area contributed by atoms with Gasteiger partial charge in [-0.1, -0.05) is 6.07 Å². The average Bonchev–Trinajstić information content (AvgIpc) is 2.38. The maximum Gasteiger partial charge on any atom is 0.303 e. The summed E-state index contributed by atoms with van der Waals surface area (Å²) in [5.74, 6) is 0.587. The molecule has 2 aromatic rings. The summed E-state index contributed by atoms with van der Waals surface area (Å²) in [5.41, 5.74) is 2.00. The van der Waals surface area contributed by atoms with Crippen LogP contribution in [0.15, 0.2) is 30.5 Å². The van der Waals surface area contributed by atoms with Gasteiger partial charge in [0.15, 0.2) is 0 Å². The highest BCUT2D eigenvalue weighted by Gasteiger charge is 2.23. The molecule has 0 N–H and O–H groups in total. The maximum absolute atomic E-state index is 11.0. The number of hydrogen-bond acceptors (Lipinski definition) is 4. The van der Waals surface area contributed by atoms with Gasteiger partial charge in [0.1, 0.15) is 18.5 Å². The van der Waals surface area contributed by atoms with Crippen LogP contribution in [0.25, 0.3) is 10.9 Å². The van der Waals surface area contributed by atoms with Gasteiger partial charge in [0, 0.05) is 30.5 Å². The van der Waals surface area contributed by atoms with E-state index in [0.29, 0.717) is 13.0 Å². The minimum absolute atomic E-state index is 0.208. The smallest absolute Gasteiger partial charge is 0.303 e. The van der Waals surface area contributed by atoms with E-state index in [1.807, 2.05) is 24.3 Å². The van der Waals surface area contributed by atoms with E-state index in [1.165, 1.54) is 6.92 Å². The Morgan fingerprint density at radius 3 is 3.17 bits per heavy atom. The Kier molecular flexibility index (Phi) is 2.63. The van der Waals surface area contributed by atoms with Crippen LogP contribution >= 0.6 is 0 Å². The molecule has 0 fully saturated rings. The van der Waals surface area contributed by atoms with Gasteiger partial charge in [0.05, 0.1) is 5.52 Å². The van der Waals surface area contributed by atoms with Crippen molar-refractivity contribution < 1.29 is 14.3 Å². The van der Waals surface area contributed by atoms with Crippen molar-refractivity contribution in [2.75, 3.05) is 6.61 Å². The standard InChI is InChI=1S/C14H13NO3/c1-9(16)18-10-7-12-11-3-2-6-15-13(11)4-5-14(12)17-8-10/h2-6,10H,7-8H2,1H3/t10-/m0/s1. The summed E-state index contributed by atoms with van der Waals surface area (Å²) >= 11 is 0. The Morgan fingerprint density at radius 2 is 2.33 bits per heavy atom. The number of hydrogen-bond donors (Lipinski definition) is 0. The number of esters is 1. The monoisotopic (exact) mass is 243 g/mol. The third-order valence-electron chi connectivity index (χ3n) is 3.04. The third-order valence-corrected chi connectivity index (χ3v) is 3.04. The van der Waals surface area contributed by atoms with E-state index < -0.39 is 0 Å². The second-order valence-electron chi connectivity index (χ2n) is 4.36. The van der Waals surface area contributed by atoms with Gasteiger partial charge in [-0.25, -0.2) is 0 Å². The molecule has 1 aromatic carbocycles. The van der Waals surface area contributed by atoms with Crippen molar-refractivity contribution in [3.8, 4) is 5.75 Å². The summed E-state index contributed by atoms with van der Waals surface area (Å²) in [6, 6.07) is 7.79. The average molecular weight is 243 g/mol. The topological polar surface area (TPSA) is 48.4 Å². The molecule has 1 aromatic heterocycles. The van der Waals surface area contributed by atoms with Crippen LogP contribution in [-0.4, -0.2) is 23.7 Å². The zero-order chi connectivity index (χ0) is 12.5. The molecule has 18 heavy (non-hydrogen) atoms. The van der Waals surface area contributed by atoms with E-state index >= 15 is 0 Å². The fourth-order valence-corrected chi connectivity index (χ4v) is 2.32. The number of ether oxygens (including phenoxy) is 2. The van der Waals surface area contributed by atoms with Gasteiger partial charge in [-0.05, 0) is 18.2 Å². The van der Waals surface area contributed by atoms with Gasteiger partial charge in [0.2, 0.25) is 0 Å². The number of nitrogens with zero attached hydrogens (tertiary/aromatic N) is 1. The first kappa shape index (κ1) is 11.0. The van der Waals surface area contributed by atoms with Crippen LogP contribution in [-0.2, 0) is 16.0 Å². The Morgan fingerprint density at radius 1 is 1.44 bits per heavy atom. The van der Waals surface area contributed by atoms with Crippen molar-refractivity contribution in [2.24, 2.45) is 0 Å². The molecule has 0 saturated carbocycles. The molecule has 1 aliphatic heterocycles. The van der Waals surface area contributed by atoms with Gasteiger partial charge in [-0.2, -0.15) is 0 Å². The van der Waals surface area contributed by atoms with E-state index in [1.54, 1.807) is 6.20 Å². The summed E-state index contributed by atoms with van der Waals surface area (Å²) in [7, 11) is 0. The minimum Gasteiger partial charge on any atom is -0.489 e. The van der Waals surface area contributed by atoms with Crippen LogP contribution in [0.4, 0.5) is 0 Å². The van der Waals surface area contributed by atoms with Crippen LogP contribution in [0.5, 0.6) is 5.75 Å². The van der Waals surface area contributed by atoms with Gasteiger partial charge in [-0.3, -0.25) is 9.78 Å². The first-order valence-corrected chi connectivity index (χ1v) is 5.90. The van der Waals surface area contributed by atoms with E-state index in [2.05, 4.69) is 4.98 Å². The molecule has 1 atom stereocenters. The number of benzene rings is 1. The summed E-state index contributed by atoms with van der Waals surface area (Å²) in [6.07, 6.45) is 2.24. The summed E-state index contributed by atoms with van der Waals surface area (Å²) in [4.78, 5) is 15.3. The molecule has 0 spiro atoms. The summed E-state index contributed by atoms with van der Waals surface area (Å²) < 4.78 is 10.9. The predicted molar refractivity (Wildman–Crippen MR) is 66.5 cm³/mol. The SMILES string of the molecule is CC(=O)O[C@@H]1COc2ccc3ncccc3c2C1. The van der Waals surface area contributed by atoms with Crippen molar-refractivity contribution in [1.82, 2.24) is 4.98 Å². The molecule has 0 bridgehead atoms. The highest BCUT2D eigenvalue weighted by Crippen LogP contribution is 2.31. The normalized spacial score (nSPS) is 17.9. The van der Waals surface area contributed by atoms with Crippen LogP contribution in [0.1, 0.15) is 12.5 Å². The van der Waals surface area contributed by atoms with Crippen molar-refractivity contribution in [3.63, 3.8) is 0 Å². The molecule has 0 unspecified atom stereocenters. The number of rotatable bonds is 1. The lowest BCUT2D eigenvalue weighted by atomic mass is 9.99. The van der Waals surface area contributed by atoms with Crippen molar-refractivity contribution in [3.05, 3.63) is 36.0 Å². The van der Waals surface area contributed by atoms with Gasteiger partial charge < -0.3 is 9.47 Å². The molecule has 2 heterocycles. The number of carbonyl (C=O) groups excluding carboxylic acids is 1. The zero-order valence-corrected chi connectivity index (χ0v) is 10.1. The second kappa shape index (κ2) is 4.29. The Bertz CT molecular complexity index is 609. The van der Waals surface area contributed by atoms with Crippen LogP contribution < -0.4 is 4.74 Å². The van der Waals surface area contributed by atoms with E-state index in [-0.39, 0.29) is 12.1 Å². The molecular weight excluding hydrogens is 230 g/mol. The fourth-order valence-electron chi connectivity index (χ4n) is 2.32. The maximum atomic E-state index is 11.0. The van der Waals surface area contributed by atoms with Crippen molar-refractivity contribution in [1.29, 1.82) is 0 Å². The third kappa shape index (κ3) is 1.90. The second-order valence-corrected chi connectivity index (χ2v) is 4.36.